The van der Waals surface area contributed by atoms with Gasteiger partial charge in [-0.05, 0) is 55.5 Å². The van der Waals surface area contributed by atoms with Crippen molar-refractivity contribution < 1.29 is 9.84 Å². The zero-order valence-electron chi connectivity index (χ0n) is 17.6. The number of benzene rings is 2. The molecule has 0 aliphatic heterocycles. The number of nitrogens with zero attached hydrogens (tertiary/aromatic N) is 2. The molecule has 5 rings (SSSR count). The monoisotopic (exact) mass is 400 g/mol. The van der Waals surface area contributed by atoms with Crippen molar-refractivity contribution >= 4 is 6.08 Å². The fourth-order valence-corrected chi connectivity index (χ4v) is 4.94. The molecular formula is C26H28N2O2. The van der Waals surface area contributed by atoms with Gasteiger partial charge < -0.3 is 9.84 Å². The summed E-state index contributed by atoms with van der Waals surface area (Å²) in [5, 5.41) is 15.2. The van der Waals surface area contributed by atoms with Crippen LogP contribution in [-0.4, -0.2) is 27.6 Å². The van der Waals surface area contributed by atoms with E-state index in [-0.39, 0.29) is 11.5 Å². The van der Waals surface area contributed by atoms with Crippen LogP contribution in [0, 0.1) is 12.3 Å². The third kappa shape index (κ3) is 3.30. The van der Waals surface area contributed by atoms with Gasteiger partial charge in [0.2, 0.25) is 0 Å². The second-order valence-corrected chi connectivity index (χ2v) is 8.85. The lowest BCUT2D eigenvalue weighted by Crippen LogP contribution is -2.35. The molecule has 4 heteroatoms. The largest absolute Gasteiger partial charge is 0.386 e. The van der Waals surface area contributed by atoms with Gasteiger partial charge in [0.05, 0.1) is 30.3 Å². The Labute approximate surface area is 177 Å². The number of rotatable bonds is 5. The second-order valence-electron chi connectivity index (χ2n) is 8.85. The Kier molecular flexibility index (Phi) is 4.84. The van der Waals surface area contributed by atoms with Gasteiger partial charge in [-0.1, -0.05) is 60.5 Å². The zero-order valence-corrected chi connectivity index (χ0v) is 17.6. The molecule has 0 bridgehead atoms. The topological polar surface area (TPSA) is 47.3 Å². The molecule has 0 saturated heterocycles. The lowest BCUT2D eigenvalue weighted by molar-refractivity contribution is -0.0459. The van der Waals surface area contributed by atoms with Crippen molar-refractivity contribution in [2.45, 2.75) is 45.3 Å². The van der Waals surface area contributed by atoms with Crippen LogP contribution in [0.1, 0.15) is 48.3 Å². The van der Waals surface area contributed by atoms with Crippen LogP contribution in [0.2, 0.25) is 0 Å². The molecule has 3 unspecified atom stereocenters. The highest BCUT2D eigenvalue weighted by Gasteiger charge is 2.46. The van der Waals surface area contributed by atoms with E-state index in [1.807, 2.05) is 36.5 Å². The maximum Gasteiger partial charge on any atom is 0.102 e. The van der Waals surface area contributed by atoms with Crippen molar-refractivity contribution in [2.75, 3.05) is 6.61 Å². The Morgan fingerprint density at radius 2 is 1.93 bits per heavy atom. The number of ether oxygens (including phenoxy) is 1. The molecule has 1 fully saturated rings. The number of aryl methyl sites for hydroxylation is 1. The Morgan fingerprint density at radius 3 is 2.70 bits per heavy atom. The summed E-state index contributed by atoms with van der Waals surface area (Å²) in [6, 6.07) is 18.3. The van der Waals surface area contributed by atoms with Gasteiger partial charge in [0.1, 0.15) is 6.10 Å². The summed E-state index contributed by atoms with van der Waals surface area (Å²) < 4.78 is 8.34. The minimum absolute atomic E-state index is 0.0372. The summed E-state index contributed by atoms with van der Waals surface area (Å²) in [5.74, 6) is 0. The highest BCUT2D eigenvalue weighted by molar-refractivity contribution is 5.62. The molecule has 3 atom stereocenters. The van der Waals surface area contributed by atoms with Crippen LogP contribution in [0.3, 0.4) is 0 Å². The van der Waals surface area contributed by atoms with Gasteiger partial charge in [-0.15, -0.1) is 0 Å². The average molecular weight is 401 g/mol. The molecule has 0 radical (unpaired) electrons. The molecule has 1 saturated carbocycles. The summed E-state index contributed by atoms with van der Waals surface area (Å²) in [4.78, 5) is 0. The van der Waals surface area contributed by atoms with Crippen molar-refractivity contribution in [1.82, 2.24) is 9.78 Å². The highest BCUT2D eigenvalue weighted by Crippen LogP contribution is 2.51. The predicted octanol–water partition coefficient (Wildman–Crippen LogP) is 5.04. The lowest BCUT2D eigenvalue weighted by Gasteiger charge is -2.36. The fraction of sp³-hybridized carbons (Fsp3) is 0.346. The summed E-state index contributed by atoms with van der Waals surface area (Å²) >= 11 is 0. The Bertz CT molecular complexity index is 1070. The fourth-order valence-electron chi connectivity index (χ4n) is 4.94. The van der Waals surface area contributed by atoms with E-state index >= 15 is 0 Å². The van der Waals surface area contributed by atoms with E-state index in [1.54, 1.807) is 0 Å². The first-order valence-corrected chi connectivity index (χ1v) is 10.7. The van der Waals surface area contributed by atoms with Gasteiger partial charge in [0.25, 0.3) is 0 Å². The van der Waals surface area contributed by atoms with Crippen molar-refractivity contribution in [3.05, 3.63) is 88.8 Å². The molecule has 0 amide bonds. The number of hydrogen-bond acceptors (Lipinski definition) is 3. The van der Waals surface area contributed by atoms with Crippen LogP contribution in [-0.2, 0) is 11.2 Å². The minimum Gasteiger partial charge on any atom is -0.386 e. The van der Waals surface area contributed by atoms with Crippen LogP contribution < -0.4 is 0 Å². The highest BCUT2D eigenvalue weighted by atomic mass is 16.5. The number of fused-ring (bicyclic) bond motifs is 2. The standard InChI is InChI=1S/C26H28N2O2/c1-18-8-11-22(12-9-18)28-23-14-21-10-13-25(26(21,2)15-20(23)16-27-28)30-17-24(29)19-6-4-3-5-7-19/h3-9,11-12,14,16,24-25,29H,10,13,15,17H2,1-2H3. The quantitative estimate of drug-likeness (QED) is 0.653. The van der Waals surface area contributed by atoms with Gasteiger partial charge in [0.15, 0.2) is 0 Å². The van der Waals surface area contributed by atoms with Crippen molar-refractivity contribution in [2.24, 2.45) is 5.41 Å². The van der Waals surface area contributed by atoms with Crippen LogP contribution in [0.5, 0.6) is 0 Å². The van der Waals surface area contributed by atoms with Crippen LogP contribution in [0.25, 0.3) is 11.8 Å². The first-order chi connectivity index (χ1) is 14.5. The molecule has 30 heavy (non-hydrogen) atoms. The summed E-state index contributed by atoms with van der Waals surface area (Å²) in [6.07, 6.45) is 6.79. The summed E-state index contributed by atoms with van der Waals surface area (Å²) in [5.41, 5.74) is 7.10. The normalized spacial score (nSPS) is 23.6. The number of aliphatic hydroxyl groups is 1. The first-order valence-electron chi connectivity index (χ1n) is 10.7. The van der Waals surface area contributed by atoms with Crippen LogP contribution >= 0.6 is 0 Å². The van der Waals surface area contributed by atoms with Gasteiger partial charge in [0, 0.05) is 5.41 Å². The van der Waals surface area contributed by atoms with E-state index in [2.05, 4.69) is 54.0 Å². The molecule has 2 aromatic carbocycles. The third-order valence-electron chi connectivity index (χ3n) is 6.79. The molecule has 4 nitrogen and oxygen atoms in total. The molecular weight excluding hydrogens is 372 g/mol. The molecule has 2 aliphatic carbocycles. The van der Waals surface area contributed by atoms with Gasteiger partial charge in [-0.2, -0.15) is 5.10 Å². The van der Waals surface area contributed by atoms with E-state index in [0.29, 0.717) is 6.61 Å². The van der Waals surface area contributed by atoms with Gasteiger partial charge >= 0.3 is 0 Å². The zero-order chi connectivity index (χ0) is 20.7. The summed E-state index contributed by atoms with van der Waals surface area (Å²) in [7, 11) is 0. The first kappa shape index (κ1) is 19.3. The van der Waals surface area contributed by atoms with Crippen molar-refractivity contribution in [1.29, 1.82) is 0 Å². The van der Waals surface area contributed by atoms with E-state index in [0.717, 1.165) is 30.5 Å². The number of hydrogen-bond donors (Lipinski definition) is 1. The maximum atomic E-state index is 10.5. The minimum atomic E-state index is -0.591. The average Bonchev–Trinajstić information content (AvgIpc) is 3.31. The second kappa shape index (κ2) is 7.53. The Balaban J connectivity index is 1.35. The van der Waals surface area contributed by atoms with E-state index in [4.69, 9.17) is 4.74 Å². The molecule has 1 aromatic heterocycles. The lowest BCUT2D eigenvalue weighted by atomic mass is 9.74. The molecule has 0 spiro atoms. The third-order valence-corrected chi connectivity index (χ3v) is 6.79. The molecule has 3 aromatic rings. The van der Waals surface area contributed by atoms with Crippen LogP contribution in [0.15, 0.2) is 66.4 Å². The van der Waals surface area contributed by atoms with Gasteiger partial charge in [-0.25, -0.2) is 4.68 Å². The Morgan fingerprint density at radius 1 is 1.17 bits per heavy atom. The smallest absolute Gasteiger partial charge is 0.102 e. The maximum absolute atomic E-state index is 10.5. The van der Waals surface area contributed by atoms with Gasteiger partial charge in [-0.3, -0.25) is 0 Å². The van der Waals surface area contributed by atoms with Crippen molar-refractivity contribution in [3.8, 4) is 5.69 Å². The molecule has 2 aliphatic rings. The SMILES string of the molecule is Cc1ccc(-n2ncc3c2C=C2CCC(OCC(O)c4ccccc4)C2(C)C3)cc1. The molecule has 1 heterocycles. The van der Waals surface area contributed by atoms with E-state index in [9.17, 15) is 5.11 Å². The number of aliphatic hydroxyl groups excluding tert-OH is 1. The molecule has 154 valence electrons. The van der Waals surface area contributed by atoms with E-state index in [1.165, 1.54) is 22.4 Å². The predicted molar refractivity (Wildman–Crippen MR) is 118 cm³/mol. The molecule has 1 N–H and O–H groups in total. The summed E-state index contributed by atoms with van der Waals surface area (Å²) in [6.45, 7) is 4.73. The Hall–Kier alpha value is -2.69. The van der Waals surface area contributed by atoms with E-state index < -0.39 is 6.10 Å². The number of aromatic nitrogens is 2. The van der Waals surface area contributed by atoms with Crippen molar-refractivity contribution in [3.63, 3.8) is 0 Å². The van der Waals surface area contributed by atoms with Crippen LogP contribution in [0.4, 0.5) is 0 Å².